The molecule has 1 aromatic carbocycles. The van der Waals surface area contributed by atoms with Crippen molar-refractivity contribution >= 4 is 23.5 Å². The Morgan fingerprint density at radius 2 is 1.95 bits per heavy atom. The summed E-state index contributed by atoms with van der Waals surface area (Å²) in [4.78, 5) is 25.7. The number of hydrogen-bond donors (Lipinski definition) is 1. The first-order chi connectivity index (χ1) is 9.68. The number of likely N-dealkylation sites (tertiary alicyclic amines) is 1. The lowest BCUT2D eigenvalue weighted by Crippen LogP contribution is -2.44. The molecule has 1 fully saturated rings. The van der Waals surface area contributed by atoms with Gasteiger partial charge in [0.1, 0.15) is 0 Å². The fraction of sp³-hybridized carbons (Fsp3) is 0.500. The zero-order valence-electron chi connectivity index (χ0n) is 12.5. The summed E-state index contributed by atoms with van der Waals surface area (Å²) < 4.78 is 0. The molecule has 5 heteroatoms. The molecule has 21 heavy (non-hydrogen) atoms. The Hall–Kier alpha value is -1.55. The lowest BCUT2D eigenvalue weighted by molar-refractivity contribution is -0.147. The molecule has 0 saturated carbocycles. The van der Waals surface area contributed by atoms with Gasteiger partial charge in [-0.25, -0.2) is 0 Å². The highest BCUT2D eigenvalue weighted by molar-refractivity contribution is 6.31. The van der Waals surface area contributed by atoms with E-state index < -0.39 is 16.8 Å². The van der Waals surface area contributed by atoms with Gasteiger partial charge in [-0.1, -0.05) is 29.8 Å². The maximum Gasteiger partial charge on any atom is 0.311 e. The number of hydrogen-bond acceptors (Lipinski definition) is 2. The maximum absolute atomic E-state index is 12.8. The zero-order chi connectivity index (χ0) is 15.8. The minimum atomic E-state index is -0.855. The first-order valence-electron chi connectivity index (χ1n) is 6.96. The molecule has 114 valence electrons. The highest BCUT2D eigenvalue weighted by Crippen LogP contribution is 2.36. The van der Waals surface area contributed by atoms with Crippen LogP contribution in [-0.4, -0.2) is 35.0 Å². The van der Waals surface area contributed by atoms with Crippen LogP contribution in [0.15, 0.2) is 24.3 Å². The number of benzene rings is 1. The van der Waals surface area contributed by atoms with E-state index in [0.717, 1.165) is 5.56 Å². The van der Waals surface area contributed by atoms with Crippen LogP contribution in [0.25, 0.3) is 0 Å². The van der Waals surface area contributed by atoms with Crippen LogP contribution in [0.4, 0.5) is 0 Å². The molecule has 0 radical (unpaired) electrons. The van der Waals surface area contributed by atoms with Gasteiger partial charge in [-0.05, 0) is 38.8 Å². The molecule has 1 heterocycles. The summed E-state index contributed by atoms with van der Waals surface area (Å²) in [5.41, 5.74) is -0.866. The number of rotatable bonds is 3. The van der Waals surface area contributed by atoms with Crippen molar-refractivity contribution in [1.82, 2.24) is 4.90 Å². The Kier molecular flexibility index (Phi) is 4.02. The smallest absolute Gasteiger partial charge is 0.311 e. The third-order valence-electron chi connectivity index (χ3n) is 4.36. The average Bonchev–Trinajstić information content (AvgIpc) is 2.82. The Bertz CT molecular complexity index is 585. The second-order valence-electron chi connectivity index (χ2n) is 6.45. The van der Waals surface area contributed by atoms with Crippen LogP contribution in [0.5, 0.6) is 0 Å². The molecule has 1 saturated heterocycles. The molecule has 4 nitrogen and oxygen atoms in total. The highest BCUT2D eigenvalue weighted by Gasteiger charge is 2.45. The van der Waals surface area contributed by atoms with Crippen molar-refractivity contribution in [3.8, 4) is 0 Å². The molecule has 0 spiro atoms. The van der Waals surface area contributed by atoms with Crippen molar-refractivity contribution in [2.75, 3.05) is 13.1 Å². The minimum Gasteiger partial charge on any atom is -0.481 e. The van der Waals surface area contributed by atoms with Crippen molar-refractivity contribution in [3.63, 3.8) is 0 Å². The van der Waals surface area contributed by atoms with E-state index in [9.17, 15) is 14.7 Å². The normalized spacial score (nSPS) is 22.4. The topological polar surface area (TPSA) is 57.6 Å². The third-order valence-corrected chi connectivity index (χ3v) is 4.69. The average molecular weight is 310 g/mol. The van der Waals surface area contributed by atoms with Gasteiger partial charge in [-0.3, -0.25) is 9.59 Å². The second-order valence-corrected chi connectivity index (χ2v) is 6.85. The third kappa shape index (κ3) is 2.77. The molecule has 1 atom stereocenters. The fourth-order valence-corrected chi connectivity index (χ4v) is 3.16. The monoisotopic (exact) mass is 309 g/mol. The molecular weight excluding hydrogens is 290 g/mol. The molecule has 1 aliphatic rings. The van der Waals surface area contributed by atoms with Gasteiger partial charge in [0, 0.05) is 18.1 Å². The summed E-state index contributed by atoms with van der Waals surface area (Å²) in [6.07, 6.45) is 0.479. The molecule has 1 N–H and O–H groups in total. The Balaban J connectivity index is 2.25. The van der Waals surface area contributed by atoms with Crippen molar-refractivity contribution in [2.24, 2.45) is 5.41 Å². The largest absolute Gasteiger partial charge is 0.481 e. The number of halogens is 1. The van der Waals surface area contributed by atoms with Crippen molar-refractivity contribution in [3.05, 3.63) is 34.9 Å². The standard InChI is InChI=1S/C16H20ClNO3/c1-15(2,11-6-4-5-7-12(11)17)13(19)18-9-8-16(3,10-18)14(20)21/h4-7H,8-10H2,1-3H3,(H,20,21). The van der Waals surface area contributed by atoms with E-state index in [2.05, 4.69) is 0 Å². The summed E-state index contributed by atoms with van der Waals surface area (Å²) in [6, 6.07) is 7.27. The molecule has 0 bridgehead atoms. The van der Waals surface area contributed by atoms with Gasteiger partial charge in [-0.2, -0.15) is 0 Å². The van der Waals surface area contributed by atoms with Gasteiger partial charge in [0.2, 0.25) is 5.91 Å². The minimum absolute atomic E-state index is 0.0828. The molecule has 1 aliphatic heterocycles. The molecule has 0 aliphatic carbocycles. The predicted octanol–water partition coefficient (Wildman–Crippen LogP) is 2.94. The summed E-state index contributed by atoms with van der Waals surface area (Å²) >= 11 is 6.20. The van der Waals surface area contributed by atoms with Gasteiger partial charge in [-0.15, -0.1) is 0 Å². The van der Waals surface area contributed by atoms with E-state index >= 15 is 0 Å². The predicted molar refractivity (Wildman–Crippen MR) is 81.4 cm³/mol. The molecule has 0 aromatic heterocycles. The number of amides is 1. The number of carboxylic acid groups (broad SMARTS) is 1. The Labute approximate surface area is 129 Å². The molecular formula is C16H20ClNO3. The van der Waals surface area contributed by atoms with Crippen molar-refractivity contribution in [1.29, 1.82) is 0 Å². The van der Waals surface area contributed by atoms with E-state index in [0.29, 0.717) is 18.0 Å². The van der Waals surface area contributed by atoms with Crippen LogP contribution in [0.2, 0.25) is 5.02 Å². The van der Waals surface area contributed by atoms with E-state index in [1.807, 2.05) is 32.0 Å². The van der Waals surface area contributed by atoms with Crippen LogP contribution in [0.3, 0.4) is 0 Å². The number of carboxylic acids is 1. The van der Waals surface area contributed by atoms with Crippen LogP contribution < -0.4 is 0 Å². The van der Waals surface area contributed by atoms with Gasteiger partial charge in [0.15, 0.2) is 0 Å². The van der Waals surface area contributed by atoms with Crippen molar-refractivity contribution < 1.29 is 14.7 Å². The van der Waals surface area contributed by atoms with Crippen LogP contribution in [0, 0.1) is 5.41 Å². The Morgan fingerprint density at radius 3 is 2.48 bits per heavy atom. The molecule has 1 amide bonds. The maximum atomic E-state index is 12.8. The van der Waals surface area contributed by atoms with Crippen LogP contribution in [0.1, 0.15) is 32.8 Å². The van der Waals surface area contributed by atoms with E-state index in [4.69, 9.17) is 11.6 Å². The molecule has 1 unspecified atom stereocenters. The number of aliphatic carboxylic acids is 1. The van der Waals surface area contributed by atoms with E-state index in [1.54, 1.807) is 17.9 Å². The van der Waals surface area contributed by atoms with E-state index in [-0.39, 0.29) is 12.5 Å². The van der Waals surface area contributed by atoms with Gasteiger partial charge < -0.3 is 10.0 Å². The summed E-state index contributed by atoms with van der Waals surface area (Å²) in [5.74, 6) is -0.936. The lowest BCUT2D eigenvalue weighted by Gasteiger charge is -2.31. The molecule has 2 rings (SSSR count). The SMILES string of the molecule is CC1(C(=O)O)CCN(C(=O)C(C)(C)c2ccccc2Cl)C1. The lowest BCUT2D eigenvalue weighted by atomic mass is 9.83. The summed E-state index contributed by atoms with van der Waals surface area (Å²) in [6.45, 7) is 6.05. The first kappa shape index (κ1) is 15.8. The van der Waals surface area contributed by atoms with Gasteiger partial charge in [0.25, 0.3) is 0 Å². The fourth-order valence-electron chi connectivity index (χ4n) is 2.79. The Morgan fingerprint density at radius 1 is 1.33 bits per heavy atom. The molecule has 1 aromatic rings. The second kappa shape index (κ2) is 5.34. The van der Waals surface area contributed by atoms with Crippen LogP contribution in [-0.2, 0) is 15.0 Å². The zero-order valence-corrected chi connectivity index (χ0v) is 13.3. The summed E-state index contributed by atoms with van der Waals surface area (Å²) in [7, 11) is 0. The number of carbonyl (C=O) groups is 2. The quantitative estimate of drug-likeness (QED) is 0.934. The number of carbonyl (C=O) groups excluding carboxylic acids is 1. The van der Waals surface area contributed by atoms with Gasteiger partial charge in [0.05, 0.1) is 10.8 Å². The summed E-state index contributed by atoms with van der Waals surface area (Å²) in [5, 5.41) is 9.83. The van der Waals surface area contributed by atoms with Crippen molar-refractivity contribution in [2.45, 2.75) is 32.6 Å². The highest BCUT2D eigenvalue weighted by atomic mass is 35.5. The first-order valence-corrected chi connectivity index (χ1v) is 7.34. The number of nitrogens with zero attached hydrogens (tertiary/aromatic N) is 1. The van der Waals surface area contributed by atoms with Gasteiger partial charge >= 0.3 is 5.97 Å². The van der Waals surface area contributed by atoms with Crippen LogP contribution >= 0.6 is 11.6 Å². The van der Waals surface area contributed by atoms with E-state index in [1.165, 1.54) is 0 Å².